The predicted molar refractivity (Wildman–Crippen MR) is 109 cm³/mol. The molecule has 1 aliphatic rings. The van der Waals surface area contributed by atoms with Gasteiger partial charge in [0.2, 0.25) is 0 Å². The van der Waals surface area contributed by atoms with Crippen LogP contribution in [0.15, 0.2) is 23.2 Å². The number of guanidine groups is 1. The molecule has 0 saturated carbocycles. The molecule has 0 aromatic heterocycles. The van der Waals surface area contributed by atoms with Gasteiger partial charge in [-0.1, -0.05) is 0 Å². The Kier molecular flexibility index (Phi) is 10.5. The minimum Gasteiger partial charge on any atom is -0.497 e. The maximum Gasteiger partial charge on any atom is 0.387 e. The Morgan fingerprint density at radius 2 is 2.03 bits per heavy atom. The number of hydrogen-bond acceptors (Lipinski definition) is 5. The molecule has 0 unspecified atom stereocenters. The van der Waals surface area contributed by atoms with Crippen LogP contribution in [0.3, 0.4) is 0 Å². The average Bonchev–Trinajstić information content (AvgIpc) is 2.73. The molecule has 1 aromatic rings. The van der Waals surface area contributed by atoms with Gasteiger partial charge in [0.25, 0.3) is 0 Å². The Morgan fingerprint density at radius 1 is 1.24 bits per heavy atom. The van der Waals surface area contributed by atoms with E-state index in [1.54, 1.807) is 12.1 Å². The molecule has 0 radical (unpaired) electrons. The summed E-state index contributed by atoms with van der Waals surface area (Å²) in [7, 11) is 1.53. The first-order valence-corrected chi connectivity index (χ1v) is 10.1. The highest BCUT2D eigenvalue weighted by Gasteiger charge is 2.12. The van der Waals surface area contributed by atoms with E-state index in [-0.39, 0.29) is 12.3 Å². The number of aliphatic imine (C=N–C) groups is 1. The second-order valence-corrected chi connectivity index (χ2v) is 6.64. The van der Waals surface area contributed by atoms with Crippen molar-refractivity contribution in [2.75, 3.05) is 53.0 Å². The highest BCUT2D eigenvalue weighted by molar-refractivity contribution is 5.79. The average molecular weight is 414 g/mol. The fraction of sp³-hybridized carbons (Fsp3) is 0.650. The third-order valence-corrected chi connectivity index (χ3v) is 4.53. The third kappa shape index (κ3) is 8.82. The fourth-order valence-electron chi connectivity index (χ4n) is 3.02. The zero-order valence-corrected chi connectivity index (χ0v) is 17.3. The summed E-state index contributed by atoms with van der Waals surface area (Å²) in [5, 5.41) is 6.47. The van der Waals surface area contributed by atoms with E-state index in [0.29, 0.717) is 23.8 Å². The smallest absolute Gasteiger partial charge is 0.387 e. The van der Waals surface area contributed by atoms with E-state index in [2.05, 4.69) is 25.3 Å². The second kappa shape index (κ2) is 13.2. The van der Waals surface area contributed by atoms with E-state index in [1.807, 2.05) is 6.92 Å². The molecular weight excluding hydrogens is 382 g/mol. The van der Waals surface area contributed by atoms with Crippen LogP contribution in [0.25, 0.3) is 0 Å². The highest BCUT2D eigenvalue weighted by Crippen LogP contribution is 2.26. The van der Waals surface area contributed by atoms with Gasteiger partial charge in [-0.05, 0) is 44.5 Å². The number of nitrogens with zero attached hydrogens (tertiary/aromatic N) is 2. The molecule has 0 spiro atoms. The van der Waals surface area contributed by atoms with E-state index in [9.17, 15) is 8.78 Å². The zero-order valence-electron chi connectivity index (χ0n) is 17.3. The standard InChI is InChI=1S/C20H32F2N4O3/c1-3-23-20(24-8-4-5-9-26-10-12-28-13-11-26)25-15-16-14-17(27-2)6-7-18(16)29-19(21)22/h6-7,14,19H,3-5,8-13,15H2,1-2H3,(H2,23,24,25). The van der Waals surface area contributed by atoms with Crippen LogP contribution in [0.1, 0.15) is 25.3 Å². The third-order valence-electron chi connectivity index (χ3n) is 4.53. The van der Waals surface area contributed by atoms with Crippen molar-refractivity contribution in [3.8, 4) is 11.5 Å². The minimum absolute atomic E-state index is 0.103. The van der Waals surface area contributed by atoms with Crippen molar-refractivity contribution in [2.45, 2.75) is 32.9 Å². The Labute approximate surface area is 171 Å². The molecule has 164 valence electrons. The molecule has 1 fully saturated rings. The molecule has 9 heteroatoms. The highest BCUT2D eigenvalue weighted by atomic mass is 19.3. The molecule has 1 saturated heterocycles. The molecule has 1 heterocycles. The van der Waals surface area contributed by atoms with Gasteiger partial charge in [0.05, 0.1) is 26.9 Å². The van der Waals surface area contributed by atoms with Gasteiger partial charge in [0.1, 0.15) is 11.5 Å². The van der Waals surface area contributed by atoms with Crippen LogP contribution in [0.2, 0.25) is 0 Å². The molecule has 0 aliphatic carbocycles. The van der Waals surface area contributed by atoms with Crippen molar-refractivity contribution in [2.24, 2.45) is 4.99 Å². The molecule has 0 bridgehead atoms. The van der Waals surface area contributed by atoms with Gasteiger partial charge in [-0.3, -0.25) is 4.90 Å². The molecule has 29 heavy (non-hydrogen) atoms. The Balaban J connectivity index is 1.85. The fourth-order valence-corrected chi connectivity index (χ4v) is 3.02. The summed E-state index contributed by atoms with van der Waals surface area (Å²) < 4.78 is 40.4. The summed E-state index contributed by atoms with van der Waals surface area (Å²) >= 11 is 0. The van der Waals surface area contributed by atoms with Crippen molar-refractivity contribution >= 4 is 5.96 Å². The van der Waals surface area contributed by atoms with E-state index in [0.717, 1.165) is 52.2 Å². The number of benzene rings is 1. The molecule has 2 N–H and O–H groups in total. The summed E-state index contributed by atoms with van der Waals surface area (Å²) in [6.07, 6.45) is 2.11. The SMILES string of the molecule is CCNC(=NCc1cc(OC)ccc1OC(F)F)NCCCCN1CCOCC1. The number of nitrogens with one attached hydrogen (secondary N) is 2. The number of morpholine rings is 1. The van der Waals surface area contributed by atoms with Crippen molar-refractivity contribution in [3.63, 3.8) is 0 Å². The minimum atomic E-state index is -2.89. The van der Waals surface area contributed by atoms with Crippen molar-refractivity contribution in [1.82, 2.24) is 15.5 Å². The maximum absolute atomic E-state index is 12.7. The van der Waals surface area contributed by atoms with Crippen molar-refractivity contribution < 1.29 is 23.0 Å². The van der Waals surface area contributed by atoms with Crippen LogP contribution < -0.4 is 20.1 Å². The summed E-state index contributed by atoms with van der Waals surface area (Å²) in [5.41, 5.74) is 0.536. The number of alkyl halides is 2. The Bertz CT molecular complexity index is 626. The maximum atomic E-state index is 12.7. The molecule has 0 amide bonds. The quantitative estimate of drug-likeness (QED) is 0.329. The first kappa shape index (κ1) is 23.2. The van der Waals surface area contributed by atoms with Crippen LogP contribution in [0.5, 0.6) is 11.5 Å². The van der Waals surface area contributed by atoms with Gasteiger partial charge < -0.3 is 24.8 Å². The van der Waals surface area contributed by atoms with Gasteiger partial charge in [0.15, 0.2) is 5.96 Å². The van der Waals surface area contributed by atoms with E-state index in [1.165, 1.54) is 13.2 Å². The lowest BCUT2D eigenvalue weighted by molar-refractivity contribution is -0.0504. The monoisotopic (exact) mass is 414 g/mol. The lowest BCUT2D eigenvalue weighted by Crippen LogP contribution is -2.39. The predicted octanol–water partition coefficient (Wildman–Crippen LogP) is 2.46. The van der Waals surface area contributed by atoms with Crippen LogP contribution >= 0.6 is 0 Å². The van der Waals surface area contributed by atoms with Gasteiger partial charge in [-0.2, -0.15) is 8.78 Å². The number of hydrogen-bond donors (Lipinski definition) is 2. The summed E-state index contributed by atoms with van der Waals surface area (Å²) in [4.78, 5) is 6.91. The van der Waals surface area contributed by atoms with Crippen LogP contribution in [0, 0.1) is 0 Å². The topological polar surface area (TPSA) is 67.4 Å². The van der Waals surface area contributed by atoms with Gasteiger partial charge in [-0.15, -0.1) is 0 Å². The van der Waals surface area contributed by atoms with Crippen molar-refractivity contribution in [3.05, 3.63) is 23.8 Å². The van der Waals surface area contributed by atoms with E-state index in [4.69, 9.17) is 9.47 Å². The normalized spacial score (nSPS) is 15.4. The summed E-state index contributed by atoms with van der Waals surface area (Å²) in [6.45, 7) is 5.48. The molecule has 1 aliphatic heterocycles. The summed E-state index contributed by atoms with van der Waals surface area (Å²) in [6, 6.07) is 4.72. The number of halogens is 2. The van der Waals surface area contributed by atoms with Gasteiger partial charge in [-0.25, -0.2) is 4.99 Å². The Morgan fingerprint density at radius 3 is 2.72 bits per heavy atom. The summed E-state index contributed by atoms with van der Waals surface area (Å²) in [5.74, 6) is 1.31. The largest absolute Gasteiger partial charge is 0.497 e. The first-order valence-electron chi connectivity index (χ1n) is 10.1. The van der Waals surface area contributed by atoms with Crippen LogP contribution in [0.4, 0.5) is 8.78 Å². The lowest BCUT2D eigenvalue weighted by Gasteiger charge is -2.26. The van der Waals surface area contributed by atoms with E-state index < -0.39 is 6.61 Å². The number of rotatable bonds is 11. The van der Waals surface area contributed by atoms with E-state index >= 15 is 0 Å². The number of methoxy groups -OCH3 is 1. The first-order chi connectivity index (χ1) is 14.1. The van der Waals surface area contributed by atoms with Crippen LogP contribution in [-0.2, 0) is 11.3 Å². The molecule has 7 nitrogen and oxygen atoms in total. The van der Waals surface area contributed by atoms with Crippen LogP contribution in [-0.4, -0.2) is 70.5 Å². The zero-order chi connectivity index (χ0) is 20.9. The lowest BCUT2D eigenvalue weighted by atomic mass is 10.2. The van der Waals surface area contributed by atoms with Gasteiger partial charge >= 0.3 is 6.61 Å². The molecule has 0 atom stereocenters. The van der Waals surface area contributed by atoms with Gasteiger partial charge in [0, 0.05) is 31.7 Å². The molecule has 1 aromatic carbocycles. The molecule has 2 rings (SSSR count). The number of ether oxygens (including phenoxy) is 3. The number of unbranched alkanes of at least 4 members (excludes halogenated alkanes) is 1. The van der Waals surface area contributed by atoms with Crippen molar-refractivity contribution in [1.29, 1.82) is 0 Å². The molecular formula is C20H32F2N4O3. The Hall–Kier alpha value is -2.13. The second-order valence-electron chi connectivity index (χ2n) is 6.64.